The fourth-order valence-electron chi connectivity index (χ4n) is 2.94. The largest absolute Gasteiger partial charge is 0.494 e. The maximum absolute atomic E-state index is 12.8. The minimum atomic E-state index is -4.26. The van der Waals surface area contributed by atoms with Gasteiger partial charge in [-0.15, -0.1) is 0 Å². The monoisotopic (exact) mass is 530 g/mol. The summed E-state index contributed by atoms with van der Waals surface area (Å²) in [5.74, 6) is -0.356. The average molecular weight is 531 g/mol. The number of hydrogen-bond donors (Lipinski definition) is 1. The summed E-state index contributed by atoms with van der Waals surface area (Å²) in [6, 6.07) is 17.1. The summed E-state index contributed by atoms with van der Waals surface area (Å²) < 4.78 is 36.3. The van der Waals surface area contributed by atoms with Gasteiger partial charge in [0.05, 0.1) is 11.6 Å². The molecule has 0 spiro atoms. The Morgan fingerprint density at radius 2 is 1.74 bits per heavy atom. The van der Waals surface area contributed by atoms with Gasteiger partial charge in [0.2, 0.25) is 0 Å². The molecule has 180 valence electrons. The molecule has 0 aliphatic carbocycles. The van der Waals surface area contributed by atoms with Crippen molar-refractivity contribution >= 4 is 51.0 Å². The first-order valence-corrected chi connectivity index (χ1v) is 12.5. The Morgan fingerprint density at radius 3 is 2.34 bits per heavy atom. The number of nitrogens with zero attached hydrogens (tertiary/aromatic N) is 1. The molecule has 0 saturated heterocycles. The van der Waals surface area contributed by atoms with Crippen molar-refractivity contribution in [3.8, 4) is 17.6 Å². The molecule has 3 aromatic carbocycles. The van der Waals surface area contributed by atoms with Crippen LogP contribution in [0.1, 0.15) is 18.1 Å². The predicted molar refractivity (Wildman–Crippen MR) is 135 cm³/mol. The van der Waals surface area contributed by atoms with Crippen LogP contribution in [-0.2, 0) is 14.9 Å². The van der Waals surface area contributed by atoms with Crippen molar-refractivity contribution in [2.24, 2.45) is 0 Å². The lowest BCUT2D eigenvalue weighted by molar-refractivity contribution is -0.112. The first-order valence-electron chi connectivity index (χ1n) is 10.3. The normalized spacial score (nSPS) is 11.5. The van der Waals surface area contributed by atoms with Crippen LogP contribution in [-0.4, -0.2) is 20.9 Å². The Hall–Kier alpha value is -3.51. The summed E-state index contributed by atoms with van der Waals surface area (Å²) in [5.41, 5.74) is 1.02. The molecule has 7 nitrogen and oxygen atoms in total. The van der Waals surface area contributed by atoms with Crippen LogP contribution in [0.25, 0.3) is 6.08 Å². The van der Waals surface area contributed by atoms with E-state index >= 15 is 0 Å². The number of aryl methyl sites for hydroxylation is 1. The van der Waals surface area contributed by atoms with Gasteiger partial charge in [0, 0.05) is 16.3 Å². The molecule has 1 N–H and O–H groups in total. The molecular weight excluding hydrogens is 511 g/mol. The van der Waals surface area contributed by atoms with Crippen molar-refractivity contribution in [1.29, 1.82) is 5.26 Å². The number of hydrogen-bond acceptors (Lipinski definition) is 6. The van der Waals surface area contributed by atoms with E-state index in [-0.39, 0.29) is 31.8 Å². The molecule has 0 radical (unpaired) electrons. The second-order valence-electron chi connectivity index (χ2n) is 7.24. The van der Waals surface area contributed by atoms with Crippen molar-refractivity contribution in [2.75, 3.05) is 11.9 Å². The molecule has 3 aromatic rings. The zero-order valence-electron chi connectivity index (χ0n) is 18.7. The topological polar surface area (TPSA) is 105 Å². The number of nitriles is 1. The number of carbonyl (C=O) groups excluding carboxylic acids is 1. The fourth-order valence-corrected chi connectivity index (χ4v) is 4.51. The van der Waals surface area contributed by atoms with E-state index in [4.69, 9.17) is 32.1 Å². The Kier molecular flexibility index (Phi) is 8.41. The minimum absolute atomic E-state index is 0.0385. The van der Waals surface area contributed by atoms with Crippen LogP contribution in [0, 0.1) is 18.3 Å². The van der Waals surface area contributed by atoms with Gasteiger partial charge in [0.15, 0.2) is 5.75 Å². The molecule has 35 heavy (non-hydrogen) atoms. The summed E-state index contributed by atoms with van der Waals surface area (Å²) in [6.07, 6.45) is 1.15. The van der Waals surface area contributed by atoms with Gasteiger partial charge in [-0.1, -0.05) is 40.9 Å². The van der Waals surface area contributed by atoms with E-state index < -0.39 is 16.0 Å². The first-order chi connectivity index (χ1) is 16.6. The van der Waals surface area contributed by atoms with Crippen molar-refractivity contribution in [2.45, 2.75) is 18.7 Å². The van der Waals surface area contributed by atoms with E-state index in [0.29, 0.717) is 18.0 Å². The number of rotatable bonds is 8. The number of carbonyl (C=O) groups is 1. The van der Waals surface area contributed by atoms with E-state index in [1.807, 2.05) is 13.8 Å². The van der Waals surface area contributed by atoms with Crippen molar-refractivity contribution in [3.05, 3.63) is 87.4 Å². The third kappa shape index (κ3) is 6.76. The lowest BCUT2D eigenvalue weighted by Crippen LogP contribution is -2.14. The highest BCUT2D eigenvalue weighted by atomic mass is 35.5. The van der Waals surface area contributed by atoms with Gasteiger partial charge < -0.3 is 14.2 Å². The van der Waals surface area contributed by atoms with Gasteiger partial charge in [0.25, 0.3) is 5.91 Å². The summed E-state index contributed by atoms with van der Waals surface area (Å²) in [5, 5.41) is 12.2. The van der Waals surface area contributed by atoms with Crippen LogP contribution >= 0.6 is 23.2 Å². The SMILES string of the molecule is CCOc1ccc(NC(=O)/C(C#N)=C/c2cc(Cl)cc(Cl)c2OS(=O)(=O)c2ccc(C)cc2)cc1. The van der Waals surface area contributed by atoms with Gasteiger partial charge >= 0.3 is 10.1 Å². The lowest BCUT2D eigenvalue weighted by Gasteiger charge is -2.13. The molecule has 0 aliphatic rings. The Morgan fingerprint density at radius 1 is 1.09 bits per heavy atom. The molecule has 0 saturated carbocycles. The number of anilines is 1. The van der Waals surface area contributed by atoms with Crippen molar-refractivity contribution in [1.82, 2.24) is 0 Å². The molecule has 10 heteroatoms. The number of amides is 1. The van der Waals surface area contributed by atoms with E-state index in [9.17, 15) is 18.5 Å². The van der Waals surface area contributed by atoms with Crippen LogP contribution < -0.4 is 14.2 Å². The highest BCUT2D eigenvalue weighted by Gasteiger charge is 2.22. The number of ether oxygens (including phenoxy) is 1. The molecule has 3 rings (SSSR count). The van der Waals surface area contributed by atoms with Crippen LogP contribution in [0.5, 0.6) is 11.5 Å². The van der Waals surface area contributed by atoms with E-state index in [1.54, 1.807) is 42.5 Å². The van der Waals surface area contributed by atoms with Crippen LogP contribution in [0.4, 0.5) is 5.69 Å². The third-order valence-electron chi connectivity index (χ3n) is 4.63. The lowest BCUT2D eigenvalue weighted by atomic mass is 10.1. The smallest absolute Gasteiger partial charge is 0.339 e. The van der Waals surface area contributed by atoms with Gasteiger partial charge in [-0.3, -0.25) is 4.79 Å². The zero-order chi connectivity index (χ0) is 25.6. The summed E-state index contributed by atoms with van der Waals surface area (Å²) >= 11 is 12.3. The van der Waals surface area contributed by atoms with Crippen molar-refractivity contribution in [3.63, 3.8) is 0 Å². The Labute approximate surface area is 213 Å². The Balaban J connectivity index is 1.94. The molecule has 1 amide bonds. The number of halogens is 2. The molecule has 0 unspecified atom stereocenters. The standard InChI is InChI=1S/C25H20Cl2N2O5S/c1-3-33-21-8-6-20(7-9-21)29-25(30)18(15-28)12-17-13-19(26)14-23(27)24(17)34-35(31,32)22-10-4-16(2)5-11-22/h4-14H,3H2,1-2H3,(H,29,30)/b18-12+. The molecule has 0 aromatic heterocycles. The average Bonchev–Trinajstić information content (AvgIpc) is 2.81. The third-order valence-corrected chi connectivity index (χ3v) is 6.36. The van der Waals surface area contributed by atoms with Crippen molar-refractivity contribution < 1.29 is 22.1 Å². The maximum atomic E-state index is 12.8. The van der Waals surface area contributed by atoms with Gasteiger partial charge in [-0.25, -0.2) is 0 Å². The molecular formula is C25H20Cl2N2O5S. The van der Waals surface area contributed by atoms with E-state index in [1.165, 1.54) is 24.3 Å². The first kappa shape index (κ1) is 26.1. The van der Waals surface area contributed by atoms with Gasteiger partial charge in [-0.2, -0.15) is 13.7 Å². The molecule has 0 bridgehead atoms. The second kappa shape index (κ2) is 11.3. The number of benzene rings is 3. The van der Waals surface area contributed by atoms with Gasteiger partial charge in [0.1, 0.15) is 22.3 Å². The Bertz CT molecular complexity index is 1410. The van der Waals surface area contributed by atoms with Crippen LogP contribution in [0.3, 0.4) is 0 Å². The zero-order valence-corrected chi connectivity index (χ0v) is 21.0. The van der Waals surface area contributed by atoms with Crippen LogP contribution in [0.15, 0.2) is 71.1 Å². The molecule has 0 fully saturated rings. The quantitative estimate of drug-likeness (QED) is 0.217. The summed E-state index contributed by atoms with van der Waals surface area (Å²) in [7, 11) is -4.26. The van der Waals surface area contributed by atoms with Gasteiger partial charge in [-0.05, 0) is 68.5 Å². The molecule has 0 heterocycles. The number of nitrogens with one attached hydrogen (secondary N) is 1. The molecule has 0 aliphatic heterocycles. The summed E-state index contributed by atoms with van der Waals surface area (Å²) in [6.45, 7) is 4.17. The second-order valence-corrected chi connectivity index (χ2v) is 9.63. The highest BCUT2D eigenvalue weighted by Crippen LogP contribution is 2.36. The molecule has 0 atom stereocenters. The maximum Gasteiger partial charge on any atom is 0.339 e. The summed E-state index contributed by atoms with van der Waals surface area (Å²) in [4.78, 5) is 12.6. The van der Waals surface area contributed by atoms with Crippen LogP contribution in [0.2, 0.25) is 10.0 Å². The van der Waals surface area contributed by atoms with E-state index in [0.717, 1.165) is 11.6 Å². The fraction of sp³-hybridized carbons (Fsp3) is 0.120. The predicted octanol–water partition coefficient (Wildman–Crippen LogP) is 6.01. The van der Waals surface area contributed by atoms with E-state index in [2.05, 4.69) is 5.32 Å². The highest BCUT2D eigenvalue weighted by molar-refractivity contribution is 7.87. The minimum Gasteiger partial charge on any atom is -0.494 e.